The highest BCUT2D eigenvalue weighted by atomic mass is 16.6. The summed E-state index contributed by atoms with van der Waals surface area (Å²) in [5.41, 5.74) is 0.731. The van der Waals surface area contributed by atoms with Crippen LogP contribution >= 0.6 is 0 Å². The van der Waals surface area contributed by atoms with Crippen molar-refractivity contribution in [1.82, 2.24) is 15.5 Å². The second-order valence-electron chi connectivity index (χ2n) is 5.51. The van der Waals surface area contributed by atoms with Gasteiger partial charge in [0.1, 0.15) is 0 Å². The van der Waals surface area contributed by atoms with Crippen LogP contribution in [0.4, 0.5) is 10.5 Å². The van der Waals surface area contributed by atoms with E-state index in [4.69, 9.17) is 0 Å². The first-order valence-electron chi connectivity index (χ1n) is 7.71. The standard InChI is InChI=1S/C16H22N4O3/c1-2-10-19(14-6-8-17-9-7-14)16(21)18-12-13-4-3-5-15(11-13)20(22)23/h2-5,11,14,17H,1,6-10,12H2,(H,18,21). The van der Waals surface area contributed by atoms with E-state index in [1.807, 2.05) is 0 Å². The van der Waals surface area contributed by atoms with Crippen LogP contribution < -0.4 is 10.6 Å². The van der Waals surface area contributed by atoms with Crippen LogP contribution in [-0.2, 0) is 6.54 Å². The maximum Gasteiger partial charge on any atom is 0.318 e. The van der Waals surface area contributed by atoms with Crippen molar-refractivity contribution in [3.05, 3.63) is 52.6 Å². The predicted octanol–water partition coefficient (Wildman–Crippen LogP) is 2.04. The number of benzene rings is 1. The lowest BCUT2D eigenvalue weighted by Gasteiger charge is -2.34. The van der Waals surface area contributed by atoms with Gasteiger partial charge < -0.3 is 15.5 Å². The number of carbonyl (C=O) groups excluding carboxylic acids is 1. The van der Waals surface area contributed by atoms with Crippen molar-refractivity contribution < 1.29 is 9.72 Å². The van der Waals surface area contributed by atoms with Gasteiger partial charge in [-0.05, 0) is 31.5 Å². The zero-order chi connectivity index (χ0) is 16.7. The molecule has 0 aromatic heterocycles. The van der Waals surface area contributed by atoms with Gasteiger partial charge in [0.2, 0.25) is 0 Å². The molecule has 2 rings (SSSR count). The molecular weight excluding hydrogens is 296 g/mol. The molecular formula is C16H22N4O3. The van der Waals surface area contributed by atoms with Crippen molar-refractivity contribution in [2.24, 2.45) is 0 Å². The predicted molar refractivity (Wildman–Crippen MR) is 88.1 cm³/mol. The van der Waals surface area contributed by atoms with Gasteiger partial charge in [-0.15, -0.1) is 6.58 Å². The first kappa shape index (κ1) is 17.0. The van der Waals surface area contributed by atoms with Crippen LogP contribution in [0.3, 0.4) is 0 Å². The van der Waals surface area contributed by atoms with Crippen LogP contribution in [0, 0.1) is 10.1 Å². The summed E-state index contributed by atoms with van der Waals surface area (Å²) in [6.45, 7) is 6.27. The Hall–Kier alpha value is -2.41. The normalized spacial score (nSPS) is 15.0. The molecule has 0 spiro atoms. The summed E-state index contributed by atoms with van der Waals surface area (Å²) >= 11 is 0. The topological polar surface area (TPSA) is 87.5 Å². The second kappa shape index (κ2) is 8.28. The molecule has 0 saturated carbocycles. The van der Waals surface area contributed by atoms with E-state index in [1.165, 1.54) is 12.1 Å². The van der Waals surface area contributed by atoms with Gasteiger partial charge >= 0.3 is 6.03 Å². The third-order valence-electron chi connectivity index (χ3n) is 3.90. The molecule has 0 bridgehead atoms. The zero-order valence-electron chi connectivity index (χ0n) is 13.0. The fraction of sp³-hybridized carbons (Fsp3) is 0.438. The van der Waals surface area contributed by atoms with Crippen molar-refractivity contribution in [3.63, 3.8) is 0 Å². The molecule has 7 heteroatoms. The minimum Gasteiger partial charge on any atom is -0.334 e. The molecule has 1 aliphatic rings. The Morgan fingerprint density at radius 3 is 2.87 bits per heavy atom. The average molecular weight is 318 g/mol. The van der Waals surface area contributed by atoms with E-state index in [0.29, 0.717) is 12.1 Å². The van der Waals surface area contributed by atoms with E-state index in [2.05, 4.69) is 17.2 Å². The monoisotopic (exact) mass is 318 g/mol. The number of nitrogens with one attached hydrogen (secondary N) is 2. The lowest BCUT2D eigenvalue weighted by molar-refractivity contribution is -0.384. The molecule has 1 fully saturated rings. The Balaban J connectivity index is 1.96. The molecule has 0 unspecified atom stereocenters. The maximum absolute atomic E-state index is 12.4. The Bertz CT molecular complexity index is 570. The molecule has 2 amide bonds. The number of urea groups is 1. The Morgan fingerprint density at radius 2 is 2.22 bits per heavy atom. The Kier molecular flexibility index (Phi) is 6.10. The number of amides is 2. The van der Waals surface area contributed by atoms with Crippen LogP contribution in [0.15, 0.2) is 36.9 Å². The fourth-order valence-corrected chi connectivity index (χ4v) is 2.71. The summed E-state index contributed by atoms with van der Waals surface area (Å²) in [4.78, 5) is 24.6. The summed E-state index contributed by atoms with van der Waals surface area (Å²) in [6, 6.07) is 6.32. The van der Waals surface area contributed by atoms with E-state index in [-0.39, 0.29) is 24.3 Å². The van der Waals surface area contributed by atoms with E-state index in [1.54, 1.807) is 23.1 Å². The molecule has 0 aliphatic carbocycles. The number of hydrogen-bond donors (Lipinski definition) is 2. The van der Waals surface area contributed by atoms with Crippen LogP contribution in [0.5, 0.6) is 0 Å². The summed E-state index contributed by atoms with van der Waals surface area (Å²) in [5, 5.41) is 16.9. The number of carbonyl (C=O) groups is 1. The molecule has 2 N–H and O–H groups in total. The quantitative estimate of drug-likeness (QED) is 0.477. The Morgan fingerprint density at radius 1 is 1.48 bits per heavy atom. The molecule has 1 saturated heterocycles. The van der Waals surface area contributed by atoms with Gasteiger partial charge in [0, 0.05) is 31.3 Å². The van der Waals surface area contributed by atoms with Crippen molar-refractivity contribution in [2.75, 3.05) is 19.6 Å². The van der Waals surface area contributed by atoms with Gasteiger partial charge in [-0.3, -0.25) is 10.1 Å². The number of piperidine rings is 1. The van der Waals surface area contributed by atoms with Crippen molar-refractivity contribution in [2.45, 2.75) is 25.4 Å². The second-order valence-corrected chi connectivity index (χ2v) is 5.51. The molecule has 0 atom stereocenters. The van der Waals surface area contributed by atoms with Crippen LogP contribution in [0.2, 0.25) is 0 Å². The molecule has 1 aromatic rings. The fourth-order valence-electron chi connectivity index (χ4n) is 2.71. The molecule has 1 aromatic carbocycles. The number of nitro benzene ring substituents is 1. The molecule has 7 nitrogen and oxygen atoms in total. The molecule has 1 heterocycles. The highest BCUT2D eigenvalue weighted by Gasteiger charge is 2.24. The van der Waals surface area contributed by atoms with E-state index in [0.717, 1.165) is 25.9 Å². The van der Waals surface area contributed by atoms with Crippen molar-refractivity contribution >= 4 is 11.7 Å². The Labute approximate surface area is 135 Å². The lowest BCUT2D eigenvalue weighted by Crippen LogP contribution is -2.49. The van der Waals surface area contributed by atoms with Crippen molar-refractivity contribution in [3.8, 4) is 0 Å². The molecule has 1 aliphatic heterocycles. The molecule has 0 radical (unpaired) electrons. The SMILES string of the molecule is C=CCN(C(=O)NCc1cccc([N+](=O)[O-])c1)C1CCNCC1. The van der Waals surface area contributed by atoms with Gasteiger partial charge in [0.25, 0.3) is 5.69 Å². The number of non-ortho nitro benzene ring substituents is 1. The van der Waals surface area contributed by atoms with Crippen LogP contribution in [0.25, 0.3) is 0 Å². The van der Waals surface area contributed by atoms with Gasteiger partial charge in [-0.2, -0.15) is 0 Å². The third kappa shape index (κ3) is 4.79. The molecule has 23 heavy (non-hydrogen) atoms. The van der Waals surface area contributed by atoms with Crippen LogP contribution in [-0.4, -0.2) is 41.5 Å². The van der Waals surface area contributed by atoms with Crippen molar-refractivity contribution in [1.29, 1.82) is 0 Å². The molecule has 124 valence electrons. The largest absolute Gasteiger partial charge is 0.334 e. The summed E-state index contributed by atoms with van der Waals surface area (Å²) in [5.74, 6) is 0. The minimum absolute atomic E-state index is 0.0260. The summed E-state index contributed by atoms with van der Waals surface area (Å²) < 4.78 is 0. The third-order valence-corrected chi connectivity index (χ3v) is 3.90. The van der Waals surface area contributed by atoms with Gasteiger partial charge in [-0.25, -0.2) is 4.79 Å². The highest BCUT2D eigenvalue weighted by molar-refractivity contribution is 5.74. The number of rotatable bonds is 6. The van der Waals surface area contributed by atoms with E-state index >= 15 is 0 Å². The first-order valence-corrected chi connectivity index (χ1v) is 7.71. The number of hydrogen-bond acceptors (Lipinski definition) is 4. The van der Waals surface area contributed by atoms with Gasteiger partial charge in [0.05, 0.1) is 4.92 Å². The smallest absolute Gasteiger partial charge is 0.318 e. The van der Waals surface area contributed by atoms with Gasteiger partial charge in [-0.1, -0.05) is 18.2 Å². The number of nitro groups is 1. The summed E-state index contributed by atoms with van der Waals surface area (Å²) in [6.07, 6.45) is 3.55. The zero-order valence-corrected chi connectivity index (χ0v) is 13.0. The highest BCUT2D eigenvalue weighted by Crippen LogP contribution is 2.14. The van der Waals surface area contributed by atoms with E-state index < -0.39 is 4.92 Å². The maximum atomic E-state index is 12.4. The summed E-state index contributed by atoms with van der Waals surface area (Å²) in [7, 11) is 0. The van der Waals surface area contributed by atoms with Gasteiger partial charge in [0.15, 0.2) is 0 Å². The first-order chi connectivity index (χ1) is 11.1. The number of nitrogens with zero attached hydrogens (tertiary/aromatic N) is 2. The van der Waals surface area contributed by atoms with E-state index in [9.17, 15) is 14.9 Å². The minimum atomic E-state index is -0.440. The lowest BCUT2D eigenvalue weighted by atomic mass is 10.1. The van der Waals surface area contributed by atoms with Crippen LogP contribution in [0.1, 0.15) is 18.4 Å². The average Bonchev–Trinajstić information content (AvgIpc) is 2.58.